The minimum atomic E-state index is -0.311. The van der Waals surface area contributed by atoms with Gasteiger partial charge >= 0.3 is 0 Å². The number of nitrogens with two attached hydrogens (primary N) is 2. The van der Waals surface area contributed by atoms with E-state index >= 15 is 0 Å². The van der Waals surface area contributed by atoms with Crippen molar-refractivity contribution in [1.29, 1.82) is 5.26 Å². The minimum absolute atomic E-state index is 0.00570. The molecule has 1 heterocycles. The quantitative estimate of drug-likeness (QED) is 0.754. The maximum absolute atomic E-state index is 13.6. The average molecular weight is 319 g/mol. The van der Waals surface area contributed by atoms with Gasteiger partial charge in [0.15, 0.2) is 0 Å². The summed E-state index contributed by atoms with van der Waals surface area (Å²) in [4.78, 5) is 7.95. The zero-order chi connectivity index (χ0) is 17.3. The van der Waals surface area contributed by atoms with Gasteiger partial charge in [0.25, 0.3) is 0 Å². The number of rotatable bonds is 2. The van der Waals surface area contributed by atoms with Crippen LogP contribution < -0.4 is 11.5 Å². The van der Waals surface area contributed by atoms with Crippen molar-refractivity contribution in [3.05, 3.63) is 59.4 Å². The largest absolute Gasteiger partial charge is 0.382 e. The molecule has 1 aromatic heterocycles. The number of nitrogens with zero attached hydrogens (tertiary/aromatic N) is 3. The van der Waals surface area contributed by atoms with Gasteiger partial charge in [-0.15, -0.1) is 0 Å². The van der Waals surface area contributed by atoms with Crippen molar-refractivity contribution >= 4 is 11.8 Å². The highest BCUT2D eigenvalue weighted by Crippen LogP contribution is 2.31. The van der Waals surface area contributed by atoms with Crippen molar-refractivity contribution in [3.8, 4) is 28.5 Å². The molecule has 0 aliphatic rings. The van der Waals surface area contributed by atoms with E-state index in [1.165, 1.54) is 12.1 Å². The van der Waals surface area contributed by atoms with Gasteiger partial charge in [0, 0.05) is 5.56 Å². The Morgan fingerprint density at radius 1 is 1.04 bits per heavy atom. The van der Waals surface area contributed by atoms with Crippen LogP contribution in [0.4, 0.5) is 16.2 Å². The van der Waals surface area contributed by atoms with Crippen LogP contribution in [0.15, 0.2) is 42.5 Å². The lowest BCUT2D eigenvalue weighted by atomic mass is 9.97. The van der Waals surface area contributed by atoms with E-state index in [4.69, 9.17) is 11.5 Å². The van der Waals surface area contributed by atoms with E-state index in [0.29, 0.717) is 11.3 Å². The summed E-state index contributed by atoms with van der Waals surface area (Å²) in [6, 6.07) is 13.9. The fourth-order valence-electron chi connectivity index (χ4n) is 2.55. The van der Waals surface area contributed by atoms with Gasteiger partial charge in [-0.2, -0.15) is 10.2 Å². The molecule has 0 aliphatic heterocycles. The molecule has 4 N–H and O–H groups in total. The Balaban J connectivity index is 2.20. The first-order valence-corrected chi connectivity index (χ1v) is 7.19. The fraction of sp³-hybridized carbons (Fsp3) is 0.0556. The monoisotopic (exact) mass is 319 g/mol. The van der Waals surface area contributed by atoms with Crippen molar-refractivity contribution < 1.29 is 4.39 Å². The Bertz CT molecular complexity index is 976. The second-order valence-electron chi connectivity index (χ2n) is 5.34. The number of hydrogen-bond acceptors (Lipinski definition) is 5. The first kappa shape index (κ1) is 15.4. The maximum atomic E-state index is 13.6. The Morgan fingerprint density at radius 2 is 1.79 bits per heavy atom. The third-order valence-corrected chi connectivity index (χ3v) is 3.71. The van der Waals surface area contributed by atoms with Crippen LogP contribution in [0.1, 0.15) is 11.1 Å². The van der Waals surface area contributed by atoms with Crippen LogP contribution in [0.5, 0.6) is 0 Å². The van der Waals surface area contributed by atoms with Crippen molar-refractivity contribution in [2.75, 3.05) is 11.5 Å². The fourth-order valence-corrected chi connectivity index (χ4v) is 2.55. The van der Waals surface area contributed by atoms with Crippen LogP contribution in [0.25, 0.3) is 22.4 Å². The maximum Gasteiger partial charge on any atom is 0.222 e. The number of aromatic nitrogens is 2. The van der Waals surface area contributed by atoms with Gasteiger partial charge in [0.2, 0.25) is 5.95 Å². The molecular formula is C18H14FN5. The summed E-state index contributed by atoms with van der Waals surface area (Å²) in [5.74, 6) is -0.282. The molecule has 0 atom stereocenters. The lowest BCUT2D eigenvalue weighted by Crippen LogP contribution is -2.05. The van der Waals surface area contributed by atoms with E-state index in [0.717, 1.165) is 16.7 Å². The standard InChI is InChI=1S/C18H14FN5/c1-10-5-6-13(19)8-14(10)11-3-2-4-12(7-11)16-15(9-20)17(21)24-18(22)23-16/h2-8H,1H3,(H4,21,22,23,24). The molecule has 3 rings (SSSR count). The van der Waals surface area contributed by atoms with Gasteiger partial charge in [0.05, 0.1) is 5.69 Å². The molecule has 0 bridgehead atoms. The van der Waals surface area contributed by atoms with Gasteiger partial charge in [-0.05, 0) is 41.8 Å². The number of aryl methyl sites for hydroxylation is 1. The molecule has 0 fully saturated rings. The van der Waals surface area contributed by atoms with Crippen LogP contribution in [-0.4, -0.2) is 9.97 Å². The van der Waals surface area contributed by atoms with Crippen LogP contribution in [0, 0.1) is 24.1 Å². The van der Waals surface area contributed by atoms with Crippen LogP contribution in [0.2, 0.25) is 0 Å². The summed E-state index contributed by atoms with van der Waals surface area (Å²) in [5.41, 5.74) is 15.1. The highest BCUT2D eigenvalue weighted by Gasteiger charge is 2.14. The summed E-state index contributed by atoms with van der Waals surface area (Å²) in [6.45, 7) is 1.91. The predicted octanol–water partition coefficient (Wildman–Crippen LogP) is 3.29. The van der Waals surface area contributed by atoms with Gasteiger partial charge in [-0.25, -0.2) is 9.37 Å². The Kier molecular flexibility index (Phi) is 3.84. The van der Waals surface area contributed by atoms with Crippen LogP contribution in [-0.2, 0) is 0 Å². The molecule has 24 heavy (non-hydrogen) atoms. The molecule has 0 saturated heterocycles. The van der Waals surface area contributed by atoms with E-state index in [9.17, 15) is 9.65 Å². The number of halogens is 1. The molecule has 5 nitrogen and oxygen atoms in total. The van der Waals surface area contributed by atoms with Crippen molar-refractivity contribution in [2.24, 2.45) is 0 Å². The van der Waals surface area contributed by atoms with Crippen molar-refractivity contribution in [3.63, 3.8) is 0 Å². The van der Waals surface area contributed by atoms with E-state index < -0.39 is 0 Å². The highest BCUT2D eigenvalue weighted by atomic mass is 19.1. The normalized spacial score (nSPS) is 10.4. The summed E-state index contributed by atoms with van der Waals surface area (Å²) in [6.07, 6.45) is 0. The molecule has 3 aromatic rings. The van der Waals surface area contributed by atoms with Crippen molar-refractivity contribution in [1.82, 2.24) is 9.97 Å². The zero-order valence-corrected chi connectivity index (χ0v) is 12.9. The van der Waals surface area contributed by atoms with Crippen LogP contribution in [0.3, 0.4) is 0 Å². The Labute approximate surface area is 138 Å². The van der Waals surface area contributed by atoms with Crippen molar-refractivity contribution in [2.45, 2.75) is 6.92 Å². The van der Waals surface area contributed by atoms with Gasteiger partial charge < -0.3 is 11.5 Å². The molecular weight excluding hydrogens is 305 g/mol. The smallest absolute Gasteiger partial charge is 0.222 e. The number of nitriles is 1. The Hall–Kier alpha value is -3.46. The molecule has 0 aliphatic carbocycles. The van der Waals surface area contributed by atoms with E-state index in [2.05, 4.69) is 9.97 Å². The van der Waals surface area contributed by atoms with Gasteiger partial charge in [-0.1, -0.05) is 24.3 Å². The number of nitrogen functional groups attached to an aromatic ring is 2. The first-order valence-electron chi connectivity index (χ1n) is 7.19. The van der Waals surface area contributed by atoms with E-state index in [1.54, 1.807) is 12.1 Å². The lowest BCUT2D eigenvalue weighted by molar-refractivity contribution is 0.628. The van der Waals surface area contributed by atoms with E-state index in [-0.39, 0.29) is 23.1 Å². The minimum Gasteiger partial charge on any atom is -0.382 e. The molecule has 0 unspecified atom stereocenters. The van der Waals surface area contributed by atoms with Gasteiger partial charge in [0.1, 0.15) is 23.3 Å². The molecule has 118 valence electrons. The molecule has 0 spiro atoms. The second-order valence-corrected chi connectivity index (χ2v) is 5.34. The summed E-state index contributed by atoms with van der Waals surface area (Å²) >= 11 is 0. The lowest BCUT2D eigenvalue weighted by Gasteiger charge is -2.10. The number of benzene rings is 2. The van der Waals surface area contributed by atoms with Gasteiger partial charge in [-0.3, -0.25) is 0 Å². The second kappa shape index (κ2) is 5.97. The molecule has 0 saturated carbocycles. The molecule has 0 radical (unpaired) electrons. The SMILES string of the molecule is Cc1ccc(F)cc1-c1cccc(-c2nc(N)nc(N)c2C#N)c1. The Morgan fingerprint density at radius 3 is 2.54 bits per heavy atom. The van der Waals surface area contributed by atoms with E-state index in [1.807, 2.05) is 31.2 Å². The zero-order valence-electron chi connectivity index (χ0n) is 12.9. The molecule has 2 aromatic carbocycles. The third kappa shape index (κ3) is 2.75. The molecule has 0 amide bonds. The van der Waals surface area contributed by atoms with Crippen LogP contribution >= 0.6 is 0 Å². The first-order chi connectivity index (χ1) is 11.5. The number of hydrogen-bond donors (Lipinski definition) is 2. The number of anilines is 2. The average Bonchev–Trinajstić information content (AvgIpc) is 2.56. The highest BCUT2D eigenvalue weighted by molar-refractivity contribution is 5.78. The predicted molar refractivity (Wildman–Crippen MR) is 91.1 cm³/mol. The molecule has 6 heteroatoms. The summed E-state index contributed by atoms with van der Waals surface area (Å²) in [7, 11) is 0. The summed E-state index contributed by atoms with van der Waals surface area (Å²) in [5, 5.41) is 9.32. The topological polar surface area (TPSA) is 102 Å². The summed E-state index contributed by atoms with van der Waals surface area (Å²) < 4.78 is 13.6. The third-order valence-electron chi connectivity index (χ3n) is 3.71.